The highest BCUT2D eigenvalue weighted by atomic mass is 32.1. The maximum atomic E-state index is 5.36. The minimum atomic E-state index is 0.334. The lowest BCUT2D eigenvalue weighted by atomic mass is 10.2. The van der Waals surface area contributed by atoms with E-state index in [1.807, 2.05) is 28.2 Å². The fraction of sp³-hybridized carbons (Fsp3) is 0.333. The lowest BCUT2D eigenvalue weighted by Crippen LogP contribution is -2.21. The Balaban J connectivity index is 1.69. The quantitative estimate of drug-likeness (QED) is 0.700. The molecule has 4 nitrogen and oxygen atoms in total. The Bertz CT molecular complexity index is 702. The van der Waals surface area contributed by atoms with Crippen molar-refractivity contribution >= 4 is 22.7 Å². The maximum absolute atomic E-state index is 5.36. The molecule has 0 radical (unpaired) electrons. The van der Waals surface area contributed by atoms with E-state index in [4.69, 9.17) is 4.52 Å². The molecule has 3 aromatic rings. The SMILES string of the molecule is Cc1ccc([C@@H](C)N(C)Cc2nc(-c3ccsc3)no2)s1. The largest absolute Gasteiger partial charge is 0.338 e. The molecule has 0 aliphatic carbocycles. The van der Waals surface area contributed by atoms with Gasteiger partial charge in [-0.25, -0.2) is 0 Å². The van der Waals surface area contributed by atoms with E-state index >= 15 is 0 Å². The summed E-state index contributed by atoms with van der Waals surface area (Å²) < 4.78 is 5.36. The van der Waals surface area contributed by atoms with Gasteiger partial charge in [-0.1, -0.05) is 5.16 Å². The molecule has 0 aromatic carbocycles. The summed E-state index contributed by atoms with van der Waals surface area (Å²) in [6, 6.07) is 6.68. The van der Waals surface area contributed by atoms with Crippen molar-refractivity contribution in [3.05, 3.63) is 44.6 Å². The summed E-state index contributed by atoms with van der Waals surface area (Å²) >= 11 is 3.46. The second-order valence-electron chi connectivity index (χ2n) is 5.06. The van der Waals surface area contributed by atoms with Gasteiger partial charge in [-0.15, -0.1) is 11.3 Å². The van der Waals surface area contributed by atoms with E-state index in [2.05, 4.69) is 48.1 Å². The Hall–Kier alpha value is -1.50. The van der Waals surface area contributed by atoms with Crippen LogP contribution in [0.4, 0.5) is 0 Å². The van der Waals surface area contributed by atoms with Crippen molar-refractivity contribution in [3.8, 4) is 11.4 Å². The van der Waals surface area contributed by atoms with Crippen LogP contribution in [0.15, 0.2) is 33.5 Å². The lowest BCUT2D eigenvalue weighted by Gasteiger charge is -2.21. The highest BCUT2D eigenvalue weighted by molar-refractivity contribution is 7.12. The number of aryl methyl sites for hydroxylation is 1. The molecule has 0 N–H and O–H groups in total. The molecule has 21 heavy (non-hydrogen) atoms. The first-order valence-corrected chi connectivity index (χ1v) is 8.51. The van der Waals surface area contributed by atoms with Gasteiger partial charge >= 0.3 is 0 Å². The number of nitrogens with zero attached hydrogens (tertiary/aromatic N) is 3. The zero-order valence-corrected chi connectivity index (χ0v) is 13.9. The number of aromatic nitrogens is 2. The van der Waals surface area contributed by atoms with E-state index < -0.39 is 0 Å². The van der Waals surface area contributed by atoms with Gasteiger partial charge in [0, 0.05) is 26.7 Å². The summed E-state index contributed by atoms with van der Waals surface area (Å²) in [5.41, 5.74) is 1.01. The molecular weight excluding hydrogens is 302 g/mol. The standard InChI is InChI=1S/C15H17N3OS2/c1-10-4-5-13(21-10)11(2)18(3)8-14-16-15(17-19-14)12-6-7-20-9-12/h4-7,9,11H,8H2,1-3H3/t11-/m1/s1. The lowest BCUT2D eigenvalue weighted by molar-refractivity contribution is 0.219. The van der Waals surface area contributed by atoms with Crippen LogP contribution in [0.3, 0.4) is 0 Å². The van der Waals surface area contributed by atoms with Crippen molar-refractivity contribution in [3.63, 3.8) is 0 Å². The van der Waals surface area contributed by atoms with Gasteiger partial charge in [-0.2, -0.15) is 16.3 Å². The number of thiophene rings is 2. The Labute approximate surface area is 132 Å². The minimum absolute atomic E-state index is 0.334. The Kier molecular flexibility index (Phi) is 4.19. The molecule has 3 aromatic heterocycles. The first kappa shape index (κ1) is 14.4. The molecule has 0 fully saturated rings. The molecule has 0 saturated carbocycles. The number of rotatable bonds is 5. The average molecular weight is 319 g/mol. The third-order valence-electron chi connectivity index (χ3n) is 3.47. The summed E-state index contributed by atoms with van der Waals surface area (Å²) in [5.74, 6) is 1.32. The van der Waals surface area contributed by atoms with Crippen molar-refractivity contribution in [1.29, 1.82) is 0 Å². The van der Waals surface area contributed by atoms with Crippen LogP contribution in [0.5, 0.6) is 0 Å². The molecule has 0 aliphatic heterocycles. The van der Waals surface area contributed by atoms with Crippen molar-refractivity contribution in [2.45, 2.75) is 26.4 Å². The molecule has 6 heteroatoms. The van der Waals surface area contributed by atoms with Gasteiger partial charge in [0.1, 0.15) is 0 Å². The van der Waals surface area contributed by atoms with Crippen molar-refractivity contribution in [2.24, 2.45) is 0 Å². The molecule has 110 valence electrons. The topological polar surface area (TPSA) is 42.2 Å². The van der Waals surface area contributed by atoms with Crippen LogP contribution in [-0.2, 0) is 6.54 Å². The fourth-order valence-electron chi connectivity index (χ4n) is 2.07. The molecule has 3 rings (SSSR count). The molecule has 1 atom stereocenters. The highest BCUT2D eigenvalue weighted by Crippen LogP contribution is 2.27. The smallest absolute Gasteiger partial charge is 0.241 e. The zero-order chi connectivity index (χ0) is 14.8. The average Bonchev–Trinajstić information content (AvgIpc) is 3.17. The normalized spacial score (nSPS) is 13.0. The van der Waals surface area contributed by atoms with Crippen LogP contribution in [0.25, 0.3) is 11.4 Å². The van der Waals surface area contributed by atoms with Crippen LogP contribution in [0.1, 0.15) is 28.6 Å². The van der Waals surface area contributed by atoms with Crippen LogP contribution >= 0.6 is 22.7 Å². The van der Waals surface area contributed by atoms with Crippen molar-refractivity contribution in [2.75, 3.05) is 7.05 Å². The van der Waals surface area contributed by atoms with Crippen molar-refractivity contribution in [1.82, 2.24) is 15.0 Å². The van der Waals surface area contributed by atoms with E-state index in [0.29, 0.717) is 24.3 Å². The van der Waals surface area contributed by atoms with Gasteiger partial charge in [0.25, 0.3) is 0 Å². The van der Waals surface area contributed by atoms with Gasteiger partial charge in [0.15, 0.2) is 0 Å². The molecule has 0 bridgehead atoms. The second kappa shape index (κ2) is 6.09. The number of hydrogen-bond donors (Lipinski definition) is 0. The molecule has 0 amide bonds. The van der Waals surface area contributed by atoms with Gasteiger partial charge in [-0.05, 0) is 44.5 Å². The third kappa shape index (κ3) is 3.23. The van der Waals surface area contributed by atoms with Crippen molar-refractivity contribution < 1.29 is 4.52 Å². The van der Waals surface area contributed by atoms with Crippen LogP contribution in [-0.4, -0.2) is 22.1 Å². The third-order valence-corrected chi connectivity index (χ3v) is 5.32. The maximum Gasteiger partial charge on any atom is 0.241 e. The Morgan fingerprint density at radius 3 is 2.86 bits per heavy atom. The zero-order valence-electron chi connectivity index (χ0n) is 12.2. The van der Waals surface area contributed by atoms with Gasteiger partial charge < -0.3 is 4.52 Å². The molecule has 0 unspecified atom stereocenters. The van der Waals surface area contributed by atoms with Gasteiger partial charge in [0.05, 0.1) is 6.54 Å². The first-order chi connectivity index (χ1) is 10.1. The first-order valence-electron chi connectivity index (χ1n) is 6.75. The van der Waals surface area contributed by atoms with Crippen LogP contribution < -0.4 is 0 Å². The molecule has 0 saturated heterocycles. The summed E-state index contributed by atoms with van der Waals surface area (Å²) in [6.45, 7) is 4.97. The summed E-state index contributed by atoms with van der Waals surface area (Å²) in [6.07, 6.45) is 0. The second-order valence-corrected chi connectivity index (χ2v) is 7.16. The highest BCUT2D eigenvalue weighted by Gasteiger charge is 2.17. The Morgan fingerprint density at radius 1 is 1.33 bits per heavy atom. The van der Waals surface area contributed by atoms with Crippen LogP contribution in [0.2, 0.25) is 0 Å². The molecule has 3 heterocycles. The fourth-order valence-corrected chi connectivity index (χ4v) is 3.70. The summed E-state index contributed by atoms with van der Waals surface area (Å²) in [7, 11) is 2.08. The monoisotopic (exact) mass is 319 g/mol. The molecular formula is C15H17N3OS2. The van der Waals surface area contributed by atoms with E-state index in [1.54, 1.807) is 11.3 Å². The van der Waals surface area contributed by atoms with Crippen LogP contribution in [0, 0.1) is 6.92 Å². The predicted molar refractivity (Wildman–Crippen MR) is 86.5 cm³/mol. The predicted octanol–water partition coefficient (Wildman–Crippen LogP) is 4.36. The van der Waals surface area contributed by atoms with E-state index in [-0.39, 0.29) is 0 Å². The van der Waals surface area contributed by atoms with E-state index in [0.717, 1.165) is 5.56 Å². The van der Waals surface area contributed by atoms with Gasteiger partial charge in [0.2, 0.25) is 11.7 Å². The molecule has 0 aliphatic rings. The Morgan fingerprint density at radius 2 is 2.19 bits per heavy atom. The number of hydrogen-bond acceptors (Lipinski definition) is 6. The van der Waals surface area contributed by atoms with E-state index in [1.165, 1.54) is 9.75 Å². The minimum Gasteiger partial charge on any atom is -0.338 e. The molecule has 0 spiro atoms. The van der Waals surface area contributed by atoms with Gasteiger partial charge in [-0.3, -0.25) is 4.90 Å². The summed E-state index contributed by atoms with van der Waals surface area (Å²) in [5, 5.41) is 8.08. The van der Waals surface area contributed by atoms with E-state index in [9.17, 15) is 0 Å². The summed E-state index contributed by atoms with van der Waals surface area (Å²) in [4.78, 5) is 9.37.